The molecule has 2 heterocycles. The van der Waals surface area contributed by atoms with Crippen molar-refractivity contribution in [3.05, 3.63) is 35.4 Å². The van der Waals surface area contributed by atoms with E-state index in [-0.39, 0.29) is 6.61 Å². The molecular formula is C13H16O4. The summed E-state index contributed by atoms with van der Waals surface area (Å²) in [7, 11) is 0. The van der Waals surface area contributed by atoms with Gasteiger partial charge in [0.1, 0.15) is 6.10 Å². The minimum atomic E-state index is -0.749. The maximum Gasteiger partial charge on any atom is 0.175 e. The Balaban J connectivity index is 1.84. The standard InChI is InChI=1S/C13H16O4/c14-7-12-11(15)6-13(17-12)5-9-3-1-2-4-10(9)8-16-13/h1-4,11-12,14-15H,5-8H2/t11-,12+,13-/m0/s1. The van der Waals surface area contributed by atoms with E-state index in [9.17, 15) is 5.11 Å². The molecule has 0 saturated carbocycles. The first-order chi connectivity index (χ1) is 8.22. The molecular weight excluding hydrogens is 220 g/mol. The predicted octanol–water partition coefficient (Wildman–Crippen LogP) is 0.598. The number of benzene rings is 1. The Labute approximate surface area is 99.8 Å². The van der Waals surface area contributed by atoms with Crippen molar-refractivity contribution in [3.8, 4) is 0 Å². The Morgan fingerprint density at radius 1 is 1.29 bits per heavy atom. The lowest BCUT2D eigenvalue weighted by Crippen LogP contribution is -2.39. The smallest absolute Gasteiger partial charge is 0.175 e. The summed E-state index contributed by atoms with van der Waals surface area (Å²) in [5.41, 5.74) is 2.37. The number of hydrogen-bond acceptors (Lipinski definition) is 4. The summed E-state index contributed by atoms with van der Waals surface area (Å²) in [5, 5.41) is 18.9. The molecule has 4 heteroatoms. The van der Waals surface area contributed by atoms with Crippen molar-refractivity contribution in [2.75, 3.05) is 6.61 Å². The Morgan fingerprint density at radius 3 is 2.76 bits per heavy atom. The largest absolute Gasteiger partial charge is 0.394 e. The van der Waals surface area contributed by atoms with Gasteiger partial charge in [-0.3, -0.25) is 0 Å². The van der Waals surface area contributed by atoms with Crippen LogP contribution in [0, 0.1) is 0 Å². The molecule has 0 radical (unpaired) electrons. The molecule has 4 nitrogen and oxygen atoms in total. The minimum Gasteiger partial charge on any atom is -0.394 e. The molecule has 1 aromatic rings. The third-order valence-corrected chi connectivity index (χ3v) is 3.56. The highest BCUT2D eigenvalue weighted by atomic mass is 16.7. The normalized spacial score (nSPS) is 36.1. The average Bonchev–Trinajstić information content (AvgIpc) is 2.65. The summed E-state index contributed by atoms with van der Waals surface area (Å²) in [6, 6.07) is 8.08. The van der Waals surface area contributed by atoms with Crippen LogP contribution in [0.2, 0.25) is 0 Å². The number of fused-ring (bicyclic) bond motifs is 1. The quantitative estimate of drug-likeness (QED) is 0.749. The minimum absolute atomic E-state index is 0.173. The van der Waals surface area contributed by atoms with E-state index in [0.717, 1.165) is 0 Å². The van der Waals surface area contributed by atoms with E-state index in [2.05, 4.69) is 6.07 Å². The Bertz CT molecular complexity index is 420. The van der Waals surface area contributed by atoms with Crippen molar-refractivity contribution in [3.63, 3.8) is 0 Å². The first-order valence-electron chi connectivity index (χ1n) is 5.90. The van der Waals surface area contributed by atoms with Crippen LogP contribution in [0.25, 0.3) is 0 Å². The molecule has 92 valence electrons. The van der Waals surface area contributed by atoms with Gasteiger partial charge < -0.3 is 19.7 Å². The van der Waals surface area contributed by atoms with E-state index in [1.54, 1.807) is 0 Å². The molecule has 0 bridgehead atoms. The van der Waals surface area contributed by atoms with Crippen molar-refractivity contribution < 1.29 is 19.7 Å². The molecule has 1 saturated heterocycles. The molecule has 1 spiro atoms. The van der Waals surface area contributed by atoms with Crippen LogP contribution in [0.3, 0.4) is 0 Å². The summed E-state index contributed by atoms with van der Waals surface area (Å²) < 4.78 is 11.4. The van der Waals surface area contributed by atoms with E-state index in [4.69, 9.17) is 14.6 Å². The van der Waals surface area contributed by atoms with Gasteiger partial charge in [0.15, 0.2) is 5.79 Å². The number of aliphatic hydroxyl groups is 2. The Kier molecular flexibility index (Phi) is 2.67. The van der Waals surface area contributed by atoms with Crippen LogP contribution in [0.5, 0.6) is 0 Å². The molecule has 3 rings (SSSR count). The number of rotatable bonds is 1. The van der Waals surface area contributed by atoms with Crippen molar-refractivity contribution in [2.45, 2.75) is 37.4 Å². The zero-order chi connectivity index (χ0) is 11.9. The van der Waals surface area contributed by atoms with Crippen LogP contribution >= 0.6 is 0 Å². The van der Waals surface area contributed by atoms with E-state index in [1.165, 1.54) is 11.1 Å². The molecule has 3 atom stereocenters. The summed E-state index contributed by atoms with van der Waals surface area (Å²) in [6.07, 6.45) is -0.117. The summed E-state index contributed by atoms with van der Waals surface area (Å²) in [6.45, 7) is 0.328. The van der Waals surface area contributed by atoms with Crippen LogP contribution < -0.4 is 0 Å². The second kappa shape index (κ2) is 4.07. The monoisotopic (exact) mass is 236 g/mol. The number of ether oxygens (including phenoxy) is 2. The third-order valence-electron chi connectivity index (χ3n) is 3.56. The highest BCUT2D eigenvalue weighted by Crippen LogP contribution is 2.39. The molecule has 0 aromatic heterocycles. The van der Waals surface area contributed by atoms with Crippen LogP contribution in [0.15, 0.2) is 24.3 Å². The van der Waals surface area contributed by atoms with Gasteiger partial charge in [-0.15, -0.1) is 0 Å². The van der Waals surface area contributed by atoms with Crippen LogP contribution in [-0.2, 0) is 22.5 Å². The lowest BCUT2D eigenvalue weighted by Gasteiger charge is -2.34. The topological polar surface area (TPSA) is 58.9 Å². The van der Waals surface area contributed by atoms with Crippen molar-refractivity contribution in [1.82, 2.24) is 0 Å². The van der Waals surface area contributed by atoms with Crippen LogP contribution in [0.4, 0.5) is 0 Å². The Morgan fingerprint density at radius 2 is 2.06 bits per heavy atom. The van der Waals surface area contributed by atoms with Gasteiger partial charge in [-0.05, 0) is 11.1 Å². The van der Waals surface area contributed by atoms with Crippen molar-refractivity contribution in [2.24, 2.45) is 0 Å². The number of aliphatic hydroxyl groups excluding tert-OH is 2. The predicted molar refractivity (Wildman–Crippen MR) is 60.2 cm³/mol. The highest BCUT2D eigenvalue weighted by Gasteiger charge is 2.48. The van der Waals surface area contributed by atoms with E-state index >= 15 is 0 Å². The lowest BCUT2D eigenvalue weighted by atomic mass is 9.94. The molecule has 1 fully saturated rings. The van der Waals surface area contributed by atoms with E-state index in [1.807, 2.05) is 18.2 Å². The van der Waals surface area contributed by atoms with Crippen LogP contribution in [-0.4, -0.2) is 34.8 Å². The van der Waals surface area contributed by atoms with Gasteiger partial charge in [0.2, 0.25) is 0 Å². The molecule has 17 heavy (non-hydrogen) atoms. The molecule has 2 aliphatic rings. The zero-order valence-corrected chi connectivity index (χ0v) is 9.50. The summed E-state index contributed by atoms with van der Waals surface area (Å²) in [4.78, 5) is 0. The fourth-order valence-corrected chi connectivity index (χ4v) is 2.64. The molecule has 0 amide bonds. The third kappa shape index (κ3) is 1.87. The fourth-order valence-electron chi connectivity index (χ4n) is 2.64. The molecule has 2 aliphatic heterocycles. The fraction of sp³-hybridized carbons (Fsp3) is 0.538. The average molecular weight is 236 g/mol. The molecule has 2 N–H and O–H groups in total. The maximum absolute atomic E-state index is 9.79. The van der Waals surface area contributed by atoms with Gasteiger partial charge in [-0.25, -0.2) is 0 Å². The van der Waals surface area contributed by atoms with E-state index < -0.39 is 18.0 Å². The van der Waals surface area contributed by atoms with Gasteiger partial charge in [0.05, 0.1) is 19.3 Å². The van der Waals surface area contributed by atoms with E-state index in [0.29, 0.717) is 19.4 Å². The summed E-state index contributed by atoms with van der Waals surface area (Å²) >= 11 is 0. The number of hydrogen-bond donors (Lipinski definition) is 2. The second-order valence-electron chi connectivity index (χ2n) is 4.76. The highest BCUT2D eigenvalue weighted by molar-refractivity contribution is 5.29. The van der Waals surface area contributed by atoms with Gasteiger partial charge in [-0.2, -0.15) is 0 Å². The lowest BCUT2D eigenvalue weighted by molar-refractivity contribution is -0.242. The van der Waals surface area contributed by atoms with Crippen molar-refractivity contribution in [1.29, 1.82) is 0 Å². The maximum atomic E-state index is 9.79. The van der Waals surface area contributed by atoms with Gasteiger partial charge in [0, 0.05) is 12.8 Å². The second-order valence-corrected chi connectivity index (χ2v) is 4.76. The molecule has 0 aliphatic carbocycles. The SMILES string of the molecule is OC[C@H]1O[C@@]2(Cc3ccccc3CO2)C[C@@H]1O. The first kappa shape index (κ1) is 11.2. The summed E-state index contributed by atoms with van der Waals surface area (Å²) in [5.74, 6) is -0.749. The molecule has 1 aromatic carbocycles. The zero-order valence-electron chi connectivity index (χ0n) is 9.50. The van der Waals surface area contributed by atoms with Crippen LogP contribution in [0.1, 0.15) is 17.5 Å². The first-order valence-corrected chi connectivity index (χ1v) is 5.90. The Hall–Kier alpha value is -0.940. The van der Waals surface area contributed by atoms with Gasteiger partial charge >= 0.3 is 0 Å². The molecule has 0 unspecified atom stereocenters. The van der Waals surface area contributed by atoms with Crippen molar-refractivity contribution >= 4 is 0 Å². The van der Waals surface area contributed by atoms with Gasteiger partial charge in [-0.1, -0.05) is 24.3 Å². The van der Waals surface area contributed by atoms with Gasteiger partial charge in [0.25, 0.3) is 0 Å².